The van der Waals surface area contributed by atoms with Crippen LogP contribution in [-0.4, -0.2) is 29.8 Å². The first-order valence-corrected chi connectivity index (χ1v) is 8.77. The van der Waals surface area contributed by atoms with E-state index in [4.69, 9.17) is 9.15 Å². The van der Waals surface area contributed by atoms with E-state index in [-0.39, 0.29) is 29.2 Å². The Labute approximate surface area is 161 Å². The summed E-state index contributed by atoms with van der Waals surface area (Å²) in [6, 6.07) is 10.4. The van der Waals surface area contributed by atoms with E-state index >= 15 is 0 Å². The summed E-state index contributed by atoms with van der Waals surface area (Å²) in [7, 11) is 1.60. The summed E-state index contributed by atoms with van der Waals surface area (Å²) in [4.78, 5) is 24.5. The van der Waals surface area contributed by atoms with E-state index in [1.807, 2.05) is 24.3 Å². The Morgan fingerprint density at radius 2 is 1.86 bits per heavy atom. The zero-order valence-electron chi connectivity index (χ0n) is 15.6. The van der Waals surface area contributed by atoms with Crippen molar-refractivity contribution in [2.75, 3.05) is 13.7 Å². The highest BCUT2D eigenvalue weighted by molar-refractivity contribution is 5.89. The Morgan fingerprint density at radius 1 is 1.14 bits per heavy atom. The third kappa shape index (κ3) is 3.93. The molecule has 0 saturated heterocycles. The molecular weight excluding hydrogens is 362 g/mol. The summed E-state index contributed by atoms with van der Waals surface area (Å²) in [6.45, 7) is 2.10. The van der Waals surface area contributed by atoms with Gasteiger partial charge < -0.3 is 24.7 Å². The molecule has 0 saturated carbocycles. The molecule has 0 bridgehead atoms. The zero-order valence-corrected chi connectivity index (χ0v) is 15.6. The van der Waals surface area contributed by atoms with Gasteiger partial charge in [-0.05, 0) is 48.7 Å². The lowest BCUT2D eigenvalue weighted by Gasteiger charge is -2.10. The average molecular weight is 383 g/mol. The third-order valence-corrected chi connectivity index (χ3v) is 4.64. The molecule has 2 aromatic carbocycles. The van der Waals surface area contributed by atoms with E-state index in [9.17, 15) is 19.8 Å². The molecule has 3 aromatic rings. The fraction of sp³-hybridized carbons (Fsp3) is 0.238. The number of carbonyl (C=O) groups is 1. The summed E-state index contributed by atoms with van der Waals surface area (Å²) < 4.78 is 10.2. The van der Waals surface area contributed by atoms with Crippen molar-refractivity contribution in [3.63, 3.8) is 0 Å². The van der Waals surface area contributed by atoms with Crippen LogP contribution in [0.2, 0.25) is 0 Å². The lowest BCUT2D eigenvalue weighted by Crippen LogP contribution is -2.29. The Morgan fingerprint density at radius 3 is 2.54 bits per heavy atom. The maximum Gasteiger partial charge on any atom is 0.340 e. The van der Waals surface area contributed by atoms with Gasteiger partial charge in [0.1, 0.15) is 5.75 Å². The monoisotopic (exact) mass is 383 g/mol. The lowest BCUT2D eigenvalue weighted by atomic mass is 10.0. The summed E-state index contributed by atoms with van der Waals surface area (Å²) >= 11 is 0. The number of phenols is 2. The number of hydrogen-bond donors (Lipinski definition) is 3. The lowest BCUT2D eigenvalue weighted by molar-refractivity contribution is -0.120. The third-order valence-electron chi connectivity index (χ3n) is 4.64. The van der Waals surface area contributed by atoms with Gasteiger partial charge in [-0.2, -0.15) is 0 Å². The number of nitrogens with one attached hydrogen (secondary N) is 1. The number of aryl methyl sites for hydroxylation is 1. The van der Waals surface area contributed by atoms with Crippen molar-refractivity contribution in [2.45, 2.75) is 19.8 Å². The minimum absolute atomic E-state index is 0.0915. The second-order valence-corrected chi connectivity index (χ2v) is 6.43. The molecule has 28 heavy (non-hydrogen) atoms. The second kappa shape index (κ2) is 8.04. The summed E-state index contributed by atoms with van der Waals surface area (Å²) in [5.74, 6) is -0.399. The highest BCUT2D eigenvalue weighted by atomic mass is 16.5. The van der Waals surface area contributed by atoms with E-state index in [0.29, 0.717) is 23.9 Å². The topological polar surface area (TPSA) is 109 Å². The minimum Gasteiger partial charge on any atom is -0.504 e. The molecule has 0 radical (unpaired) electrons. The van der Waals surface area contributed by atoms with Gasteiger partial charge in [0.2, 0.25) is 11.7 Å². The predicted molar refractivity (Wildman–Crippen MR) is 104 cm³/mol. The van der Waals surface area contributed by atoms with Gasteiger partial charge in [-0.25, -0.2) is 4.79 Å². The number of amides is 1. The number of rotatable bonds is 6. The second-order valence-electron chi connectivity index (χ2n) is 6.43. The van der Waals surface area contributed by atoms with Crippen LogP contribution in [0, 0.1) is 6.92 Å². The number of phenolic OH excluding ortho intramolecular Hbond substituents is 2. The van der Waals surface area contributed by atoms with Crippen molar-refractivity contribution in [2.24, 2.45) is 0 Å². The van der Waals surface area contributed by atoms with Crippen LogP contribution in [0.15, 0.2) is 45.6 Å². The van der Waals surface area contributed by atoms with Gasteiger partial charge in [0.25, 0.3) is 0 Å². The molecule has 1 heterocycles. The average Bonchev–Trinajstić information content (AvgIpc) is 2.69. The van der Waals surface area contributed by atoms with E-state index in [0.717, 1.165) is 11.3 Å². The molecule has 3 rings (SSSR count). The molecule has 0 fully saturated rings. The van der Waals surface area contributed by atoms with Crippen molar-refractivity contribution in [3.8, 4) is 17.2 Å². The Balaban J connectivity index is 1.69. The number of aromatic hydroxyl groups is 2. The Hall–Kier alpha value is -3.48. The van der Waals surface area contributed by atoms with Gasteiger partial charge in [0.15, 0.2) is 11.3 Å². The van der Waals surface area contributed by atoms with Crippen LogP contribution in [0.3, 0.4) is 0 Å². The van der Waals surface area contributed by atoms with E-state index in [1.165, 1.54) is 12.1 Å². The first kappa shape index (κ1) is 19.3. The van der Waals surface area contributed by atoms with Crippen LogP contribution in [0.25, 0.3) is 11.0 Å². The standard InChI is InChI=1S/C21H21NO6/c1-12-15-7-8-17(23)19(25)20(15)28-21(26)16(12)11-18(24)22-10-9-13-3-5-14(27-2)6-4-13/h3-8,23,25H,9-11H2,1-2H3,(H,22,24). The van der Waals surface area contributed by atoms with Gasteiger partial charge in [-0.3, -0.25) is 4.79 Å². The van der Waals surface area contributed by atoms with Gasteiger partial charge in [0.05, 0.1) is 19.1 Å². The molecule has 1 aromatic heterocycles. The van der Waals surface area contributed by atoms with Crippen molar-refractivity contribution >= 4 is 16.9 Å². The highest BCUT2D eigenvalue weighted by Crippen LogP contribution is 2.34. The van der Waals surface area contributed by atoms with Crippen LogP contribution < -0.4 is 15.7 Å². The number of hydrogen-bond acceptors (Lipinski definition) is 6. The van der Waals surface area contributed by atoms with Crippen molar-refractivity contribution < 1.29 is 24.2 Å². The van der Waals surface area contributed by atoms with Crippen LogP contribution >= 0.6 is 0 Å². The van der Waals surface area contributed by atoms with Crippen molar-refractivity contribution in [1.29, 1.82) is 0 Å². The van der Waals surface area contributed by atoms with Crippen LogP contribution in [0.1, 0.15) is 16.7 Å². The maximum absolute atomic E-state index is 12.3. The van der Waals surface area contributed by atoms with Crippen LogP contribution in [-0.2, 0) is 17.6 Å². The smallest absolute Gasteiger partial charge is 0.340 e. The number of fused-ring (bicyclic) bond motifs is 1. The molecule has 7 nitrogen and oxygen atoms in total. The fourth-order valence-electron chi connectivity index (χ4n) is 3.00. The first-order chi connectivity index (χ1) is 13.4. The first-order valence-electron chi connectivity index (χ1n) is 8.77. The molecule has 0 aliphatic rings. The number of methoxy groups -OCH3 is 1. The Kier molecular flexibility index (Phi) is 5.54. The minimum atomic E-state index is -0.712. The SMILES string of the molecule is COc1ccc(CCNC(=O)Cc2c(C)c3ccc(O)c(O)c3oc2=O)cc1. The summed E-state index contributed by atoms with van der Waals surface area (Å²) in [5, 5.41) is 22.7. The number of benzene rings is 2. The zero-order chi connectivity index (χ0) is 20.3. The molecule has 3 N–H and O–H groups in total. The van der Waals surface area contributed by atoms with Crippen molar-refractivity contribution in [1.82, 2.24) is 5.32 Å². The molecule has 0 unspecified atom stereocenters. The number of carbonyl (C=O) groups excluding carboxylic acids is 1. The van der Waals surface area contributed by atoms with Crippen LogP contribution in [0.5, 0.6) is 17.2 Å². The molecule has 1 amide bonds. The van der Waals surface area contributed by atoms with Gasteiger partial charge in [0, 0.05) is 11.9 Å². The number of ether oxygens (including phenoxy) is 1. The molecule has 0 aliphatic heterocycles. The molecular formula is C21H21NO6. The predicted octanol–water partition coefficient (Wildman–Crippen LogP) is 2.42. The molecule has 0 spiro atoms. The maximum atomic E-state index is 12.3. The summed E-state index contributed by atoms with van der Waals surface area (Å²) in [6.07, 6.45) is 0.516. The molecule has 0 atom stereocenters. The van der Waals surface area contributed by atoms with Gasteiger partial charge in [-0.15, -0.1) is 0 Å². The van der Waals surface area contributed by atoms with E-state index in [1.54, 1.807) is 14.0 Å². The van der Waals surface area contributed by atoms with E-state index in [2.05, 4.69) is 5.32 Å². The van der Waals surface area contributed by atoms with Crippen LogP contribution in [0.4, 0.5) is 0 Å². The van der Waals surface area contributed by atoms with Gasteiger partial charge in [-0.1, -0.05) is 12.1 Å². The van der Waals surface area contributed by atoms with Crippen molar-refractivity contribution in [3.05, 3.63) is 63.5 Å². The van der Waals surface area contributed by atoms with Gasteiger partial charge >= 0.3 is 5.63 Å². The molecule has 0 aliphatic carbocycles. The highest BCUT2D eigenvalue weighted by Gasteiger charge is 2.18. The fourth-order valence-corrected chi connectivity index (χ4v) is 3.00. The summed E-state index contributed by atoms with van der Waals surface area (Å²) in [5.41, 5.74) is 1.01. The normalized spacial score (nSPS) is 10.8. The largest absolute Gasteiger partial charge is 0.504 e. The van der Waals surface area contributed by atoms with E-state index < -0.39 is 11.4 Å². The Bertz CT molecular complexity index is 1070. The quantitative estimate of drug-likeness (QED) is 0.446. The molecule has 146 valence electrons. The molecule has 7 heteroatoms.